The van der Waals surface area contributed by atoms with E-state index >= 15 is 0 Å². The van der Waals surface area contributed by atoms with Crippen LogP contribution >= 0.6 is 11.3 Å². The molecule has 0 atom stereocenters. The van der Waals surface area contributed by atoms with Gasteiger partial charge in [0.2, 0.25) is 0 Å². The van der Waals surface area contributed by atoms with E-state index in [9.17, 15) is 13.2 Å². The van der Waals surface area contributed by atoms with E-state index in [-0.39, 0.29) is 16.5 Å². The molecule has 0 saturated carbocycles. The van der Waals surface area contributed by atoms with Crippen LogP contribution in [0.3, 0.4) is 0 Å². The van der Waals surface area contributed by atoms with Crippen molar-refractivity contribution in [3.63, 3.8) is 0 Å². The monoisotopic (exact) mass is 403 g/mol. The number of methoxy groups -OCH3 is 1. The van der Waals surface area contributed by atoms with Gasteiger partial charge in [0.1, 0.15) is 11.4 Å². The summed E-state index contributed by atoms with van der Waals surface area (Å²) in [6.45, 7) is 0. The Hall–Kier alpha value is -2.91. The molecule has 3 aromatic rings. The zero-order chi connectivity index (χ0) is 19.4. The molecule has 0 spiro atoms. The number of anilines is 3. The van der Waals surface area contributed by atoms with Crippen LogP contribution in [0.5, 0.6) is 5.75 Å². The molecule has 1 heterocycles. The molecule has 2 aromatic carbocycles. The van der Waals surface area contributed by atoms with Crippen molar-refractivity contribution in [1.29, 1.82) is 0 Å². The van der Waals surface area contributed by atoms with Crippen LogP contribution in [-0.4, -0.2) is 32.7 Å². The quantitative estimate of drug-likeness (QED) is 0.653. The minimum absolute atomic E-state index is 0.242. The van der Waals surface area contributed by atoms with E-state index in [1.54, 1.807) is 48.9 Å². The second kappa shape index (κ2) is 7.77. The largest absolute Gasteiger partial charge is 0.497 e. The van der Waals surface area contributed by atoms with E-state index in [0.29, 0.717) is 22.3 Å². The van der Waals surface area contributed by atoms with E-state index < -0.39 is 9.84 Å². The lowest BCUT2D eigenvalue weighted by Gasteiger charge is -2.05. The summed E-state index contributed by atoms with van der Waals surface area (Å²) in [6, 6.07) is 13.3. The highest BCUT2D eigenvalue weighted by Crippen LogP contribution is 2.23. The topological polar surface area (TPSA) is 97.4 Å². The van der Waals surface area contributed by atoms with Gasteiger partial charge in [0.25, 0.3) is 5.91 Å². The van der Waals surface area contributed by atoms with Gasteiger partial charge in [-0.05, 0) is 48.5 Å². The molecule has 9 heteroatoms. The molecule has 0 aliphatic rings. The maximum atomic E-state index is 12.3. The van der Waals surface area contributed by atoms with Gasteiger partial charge in [-0.25, -0.2) is 13.4 Å². The molecule has 7 nitrogen and oxygen atoms in total. The Morgan fingerprint density at radius 3 is 2.26 bits per heavy atom. The van der Waals surface area contributed by atoms with Crippen LogP contribution in [0.4, 0.5) is 16.5 Å². The Labute approximate surface area is 161 Å². The minimum Gasteiger partial charge on any atom is -0.497 e. The number of carbonyl (C=O) groups excluding carboxylic acids is 1. The van der Waals surface area contributed by atoms with Crippen molar-refractivity contribution in [2.45, 2.75) is 4.90 Å². The van der Waals surface area contributed by atoms with Crippen molar-refractivity contribution in [1.82, 2.24) is 4.98 Å². The molecule has 0 fully saturated rings. The second-order valence-electron chi connectivity index (χ2n) is 5.64. The Kier molecular flexibility index (Phi) is 5.43. The number of nitrogens with one attached hydrogen (secondary N) is 2. The third kappa shape index (κ3) is 4.83. The van der Waals surface area contributed by atoms with Crippen LogP contribution in [0.25, 0.3) is 0 Å². The van der Waals surface area contributed by atoms with Gasteiger partial charge >= 0.3 is 0 Å². The first-order valence-corrected chi connectivity index (χ1v) is 10.6. The Balaban J connectivity index is 1.66. The summed E-state index contributed by atoms with van der Waals surface area (Å²) < 4.78 is 28.0. The van der Waals surface area contributed by atoms with Gasteiger partial charge in [0.05, 0.1) is 12.0 Å². The third-order valence-electron chi connectivity index (χ3n) is 3.62. The first kappa shape index (κ1) is 18.9. The number of rotatable bonds is 6. The van der Waals surface area contributed by atoms with E-state index in [2.05, 4.69) is 15.6 Å². The highest BCUT2D eigenvalue weighted by molar-refractivity contribution is 7.90. The van der Waals surface area contributed by atoms with Crippen LogP contribution in [0, 0.1) is 0 Å². The van der Waals surface area contributed by atoms with Crippen molar-refractivity contribution in [2.24, 2.45) is 0 Å². The highest BCUT2D eigenvalue weighted by Gasteiger charge is 2.12. The Bertz CT molecular complexity index is 1040. The summed E-state index contributed by atoms with van der Waals surface area (Å²) in [5.74, 6) is 0.381. The summed E-state index contributed by atoms with van der Waals surface area (Å²) in [5, 5.41) is 7.99. The van der Waals surface area contributed by atoms with Crippen molar-refractivity contribution < 1.29 is 17.9 Å². The van der Waals surface area contributed by atoms with Crippen LogP contribution in [-0.2, 0) is 9.84 Å². The number of nitrogens with zero attached hydrogens (tertiary/aromatic N) is 1. The lowest BCUT2D eigenvalue weighted by molar-refractivity contribution is 0.102. The van der Waals surface area contributed by atoms with E-state index in [0.717, 1.165) is 6.26 Å². The molecule has 0 unspecified atom stereocenters. The summed E-state index contributed by atoms with van der Waals surface area (Å²) >= 11 is 1.28. The van der Waals surface area contributed by atoms with Gasteiger partial charge < -0.3 is 15.4 Å². The fourth-order valence-electron chi connectivity index (χ4n) is 2.21. The van der Waals surface area contributed by atoms with E-state index in [1.165, 1.54) is 23.5 Å². The molecule has 140 valence electrons. The van der Waals surface area contributed by atoms with Crippen LogP contribution in [0.15, 0.2) is 58.8 Å². The third-order valence-corrected chi connectivity index (χ3v) is 5.50. The number of carbonyl (C=O) groups is 1. The molecule has 0 bridgehead atoms. The fourth-order valence-corrected chi connectivity index (χ4v) is 3.56. The Morgan fingerprint density at radius 1 is 1.04 bits per heavy atom. The molecule has 2 N–H and O–H groups in total. The summed E-state index contributed by atoms with van der Waals surface area (Å²) in [6.07, 6.45) is 1.16. The van der Waals surface area contributed by atoms with Crippen molar-refractivity contribution in [3.05, 3.63) is 59.6 Å². The first-order valence-electron chi connectivity index (χ1n) is 7.83. The SMILES string of the molecule is COc1ccc(NC(=O)c2csc(Nc3ccc(S(C)(=O)=O)cc3)n2)cc1. The number of hydrogen-bond acceptors (Lipinski definition) is 7. The Morgan fingerprint density at radius 2 is 1.67 bits per heavy atom. The minimum atomic E-state index is -3.24. The van der Waals surface area contributed by atoms with Crippen molar-refractivity contribution in [3.8, 4) is 5.75 Å². The number of thiazole rings is 1. The standard InChI is InChI=1S/C18H17N3O4S2/c1-25-14-7-3-12(4-8-14)19-17(22)16-11-26-18(21-16)20-13-5-9-15(10-6-13)27(2,23)24/h3-11H,1-2H3,(H,19,22)(H,20,21). The predicted molar refractivity (Wildman–Crippen MR) is 106 cm³/mol. The van der Waals surface area contributed by atoms with Gasteiger partial charge in [-0.1, -0.05) is 0 Å². The van der Waals surface area contributed by atoms with Crippen LogP contribution in [0.2, 0.25) is 0 Å². The van der Waals surface area contributed by atoms with Crippen molar-refractivity contribution in [2.75, 3.05) is 24.0 Å². The lowest BCUT2D eigenvalue weighted by atomic mass is 10.3. The molecular weight excluding hydrogens is 386 g/mol. The predicted octanol–water partition coefficient (Wildman–Crippen LogP) is 3.55. The molecule has 3 rings (SSSR count). The number of amides is 1. The normalized spacial score (nSPS) is 11.0. The maximum absolute atomic E-state index is 12.3. The fraction of sp³-hybridized carbons (Fsp3) is 0.111. The van der Waals surface area contributed by atoms with Gasteiger partial charge in [-0.2, -0.15) is 0 Å². The molecule has 27 heavy (non-hydrogen) atoms. The number of sulfone groups is 1. The van der Waals surface area contributed by atoms with Gasteiger partial charge in [0, 0.05) is 23.0 Å². The average molecular weight is 403 g/mol. The number of aromatic nitrogens is 1. The van der Waals surface area contributed by atoms with Gasteiger partial charge in [-0.3, -0.25) is 4.79 Å². The van der Waals surface area contributed by atoms with Crippen molar-refractivity contribution >= 4 is 43.6 Å². The number of ether oxygens (including phenoxy) is 1. The van der Waals surface area contributed by atoms with Crippen LogP contribution in [0.1, 0.15) is 10.5 Å². The first-order chi connectivity index (χ1) is 12.8. The average Bonchev–Trinajstić information content (AvgIpc) is 3.11. The van der Waals surface area contributed by atoms with E-state index in [1.807, 2.05) is 0 Å². The van der Waals surface area contributed by atoms with E-state index in [4.69, 9.17) is 4.74 Å². The second-order valence-corrected chi connectivity index (χ2v) is 8.52. The smallest absolute Gasteiger partial charge is 0.275 e. The zero-order valence-corrected chi connectivity index (χ0v) is 16.2. The number of benzene rings is 2. The molecule has 1 aromatic heterocycles. The molecule has 0 radical (unpaired) electrons. The highest BCUT2D eigenvalue weighted by atomic mass is 32.2. The number of hydrogen-bond donors (Lipinski definition) is 2. The maximum Gasteiger partial charge on any atom is 0.275 e. The molecule has 0 aliphatic heterocycles. The molecule has 0 aliphatic carbocycles. The summed E-state index contributed by atoms with van der Waals surface area (Å²) in [5.41, 5.74) is 1.60. The molecule has 1 amide bonds. The van der Waals surface area contributed by atoms with Gasteiger partial charge in [0.15, 0.2) is 15.0 Å². The molecular formula is C18H17N3O4S2. The molecule has 0 saturated heterocycles. The van der Waals surface area contributed by atoms with Gasteiger partial charge in [-0.15, -0.1) is 11.3 Å². The summed E-state index contributed by atoms with van der Waals surface area (Å²) in [4.78, 5) is 16.8. The van der Waals surface area contributed by atoms with Crippen LogP contribution < -0.4 is 15.4 Å². The lowest BCUT2D eigenvalue weighted by Crippen LogP contribution is -2.12. The summed E-state index contributed by atoms with van der Waals surface area (Å²) in [7, 11) is -1.66. The zero-order valence-electron chi connectivity index (χ0n) is 14.6.